The number of amides is 3. The van der Waals surface area contributed by atoms with Gasteiger partial charge in [0.25, 0.3) is 0 Å². The van der Waals surface area contributed by atoms with Crippen LogP contribution >= 0.6 is 23.2 Å². The number of nitrogens with one attached hydrogen (secondary N) is 1. The predicted octanol–water partition coefficient (Wildman–Crippen LogP) is 3.98. The Morgan fingerprint density at radius 3 is 2.53 bits per heavy atom. The maximum Gasteiger partial charge on any atom is 0.414 e. The average Bonchev–Trinajstić information content (AvgIpc) is 3.18. The molecule has 1 atom stereocenters. The zero-order chi connectivity index (χ0) is 24.1. The molecule has 0 saturated carbocycles. The molecule has 1 N–H and O–H groups in total. The van der Waals surface area contributed by atoms with Crippen LogP contribution in [-0.2, 0) is 20.7 Å². The van der Waals surface area contributed by atoms with Crippen molar-refractivity contribution in [1.82, 2.24) is 5.32 Å². The quantitative estimate of drug-likeness (QED) is 0.624. The smallest absolute Gasteiger partial charge is 0.414 e. The second-order valence-electron chi connectivity index (χ2n) is 7.95. The summed E-state index contributed by atoms with van der Waals surface area (Å²) in [4.78, 5) is 47.8. The standard InChI is InChI=1S/C19H24FN3O5.CCl2O/c1-19(2,3)28-17(25)21-10-14-11-23(18(26)27-14)13-4-5-15-12(8-13)9-16(24)22(15)7-6-20;2-1(3)4/h4-5,8,14H,6-7,9-11H2,1-3H3,(H,21,25);/t14-;/m0./s1. The van der Waals surface area contributed by atoms with Crippen molar-refractivity contribution in [3.05, 3.63) is 23.8 Å². The van der Waals surface area contributed by atoms with E-state index in [4.69, 9.17) is 14.3 Å². The molecule has 1 saturated heterocycles. The number of nitrogens with zero attached hydrogens (tertiary/aromatic N) is 2. The van der Waals surface area contributed by atoms with E-state index in [9.17, 15) is 18.8 Å². The Morgan fingerprint density at radius 1 is 1.28 bits per heavy atom. The van der Waals surface area contributed by atoms with Crippen LogP contribution in [0.25, 0.3) is 0 Å². The number of carbonyl (C=O) groups excluding carboxylic acids is 4. The summed E-state index contributed by atoms with van der Waals surface area (Å²) in [5.74, 6) is -0.159. The highest BCUT2D eigenvalue weighted by Crippen LogP contribution is 2.33. The molecule has 0 unspecified atom stereocenters. The number of halogens is 3. The highest BCUT2D eigenvalue weighted by molar-refractivity contribution is 6.93. The molecule has 0 bridgehead atoms. The lowest BCUT2D eigenvalue weighted by atomic mass is 10.1. The van der Waals surface area contributed by atoms with Gasteiger partial charge >= 0.3 is 16.9 Å². The number of carbonyl (C=O) groups is 4. The summed E-state index contributed by atoms with van der Waals surface area (Å²) in [6.07, 6.45) is -1.44. The normalized spacial score (nSPS) is 17.4. The number of cyclic esters (lactones) is 1. The number of alkyl carbamates (subject to hydrolysis) is 1. The van der Waals surface area contributed by atoms with E-state index < -0.39 is 35.3 Å². The van der Waals surface area contributed by atoms with Crippen molar-refractivity contribution in [1.29, 1.82) is 0 Å². The first-order valence-corrected chi connectivity index (χ1v) is 10.5. The fraction of sp³-hybridized carbons (Fsp3) is 0.500. The number of anilines is 2. The molecule has 176 valence electrons. The zero-order valence-electron chi connectivity index (χ0n) is 17.8. The van der Waals surface area contributed by atoms with Gasteiger partial charge in [0.15, 0.2) is 0 Å². The zero-order valence-corrected chi connectivity index (χ0v) is 19.3. The Morgan fingerprint density at radius 2 is 1.94 bits per heavy atom. The van der Waals surface area contributed by atoms with Gasteiger partial charge in [-0.2, -0.15) is 0 Å². The van der Waals surface area contributed by atoms with Crippen LogP contribution in [0.2, 0.25) is 0 Å². The van der Waals surface area contributed by atoms with Gasteiger partial charge in [-0.3, -0.25) is 14.5 Å². The molecule has 12 heteroatoms. The fourth-order valence-corrected chi connectivity index (χ4v) is 3.22. The predicted molar refractivity (Wildman–Crippen MR) is 117 cm³/mol. The van der Waals surface area contributed by atoms with Crippen LogP contribution in [0.4, 0.5) is 30.1 Å². The van der Waals surface area contributed by atoms with E-state index in [0.717, 1.165) is 5.56 Å². The number of benzene rings is 1. The van der Waals surface area contributed by atoms with Crippen LogP contribution in [0.5, 0.6) is 0 Å². The van der Waals surface area contributed by atoms with Gasteiger partial charge in [-0.15, -0.1) is 0 Å². The van der Waals surface area contributed by atoms with Crippen molar-refractivity contribution in [2.45, 2.75) is 38.9 Å². The van der Waals surface area contributed by atoms with Crippen LogP contribution in [0.1, 0.15) is 26.3 Å². The van der Waals surface area contributed by atoms with Crippen LogP contribution in [0.15, 0.2) is 18.2 Å². The molecule has 2 aliphatic heterocycles. The van der Waals surface area contributed by atoms with E-state index in [0.29, 0.717) is 11.4 Å². The number of fused-ring (bicyclic) bond motifs is 1. The SMILES string of the molecule is CC(C)(C)OC(=O)NC[C@H]1CN(c2ccc3c(c2)CC(=O)N3CCF)C(=O)O1.O=C(Cl)Cl. The lowest BCUT2D eigenvalue weighted by molar-refractivity contribution is -0.117. The largest absolute Gasteiger partial charge is 0.444 e. The third-order valence-electron chi connectivity index (χ3n) is 4.36. The number of rotatable bonds is 5. The van der Waals surface area contributed by atoms with Gasteiger partial charge < -0.3 is 19.7 Å². The summed E-state index contributed by atoms with van der Waals surface area (Å²) in [5.41, 5.74) is 1.40. The molecule has 3 rings (SSSR count). The van der Waals surface area contributed by atoms with Gasteiger partial charge in [-0.1, -0.05) is 0 Å². The minimum atomic E-state index is -0.889. The number of alkyl halides is 1. The summed E-state index contributed by atoms with van der Waals surface area (Å²) in [6.45, 7) is 5.08. The lowest BCUT2D eigenvalue weighted by Gasteiger charge is -2.20. The van der Waals surface area contributed by atoms with Gasteiger partial charge in [0.2, 0.25) is 5.91 Å². The second-order valence-corrected chi connectivity index (χ2v) is 8.83. The molecule has 3 amide bonds. The van der Waals surface area contributed by atoms with Crippen molar-refractivity contribution in [2.75, 3.05) is 36.1 Å². The summed E-state index contributed by atoms with van der Waals surface area (Å²) in [6, 6.07) is 5.16. The number of hydrogen-bond acceptors (Lipinski definition) is 6. The summed E-state index contributed by atoms with van der Waals surface area (Å²) in [7, 11) is 0. The van der Waals surface area contributed by atoms with E-state index in [1.165, 1.54) is 9.80 Å². The summed E-state index contributed by atoms with van der Waals surface area (Å²) in [5, 5.41) is 2.59. The minimum Gasteiger partial charge on any atom is -0.444 e. The van der Waals surface area contributed by atoms with Crippen molar-refractivity contribution in [3.63, 3.8) is 0 Å². The molecule has 0 spiro atoms. The molecule has 0 aliphatic carbocycles. The Kier molecular flexibility index (Phi) is 8.68. The van der Waals surface area contributed by atoms with Gasteiger partial charge in [-0.25, -0.2) is 14.0 Å². The first-order chi connectivity index (χ1) is 14.9. The van der Waals surface area contributed by atoms with Crippen molar-refractivity contribution in [3.8, 4) is 0 Å². The van der Waals surface area contributed by atoms with E-state index in [-0.39, 0.29) is 32.0 Å². The summed E-state index contributed by atoms with van der Waals surface area (Å²) >= 11 is 8.80. The van der Waals surface area contributed by atoms with Crippen LogP contribution in [0, 0.1) is 0 Å². The molecule has 2 heterocycles. The molecule has 1 aromatic carbocycles. The van der Waals surface area contributed by atoms with Crippen molar-refractivity contribution >= 4 is 57.4 Å². The molecule has 0 radical (unpaired) electrons. The molecule has 1 fully saturated rings. The first kappa shape index (κ1) is 25.7. The maximum atomic E-state index is 12.6. The Bertz CT molecular complexity index is 889. The molecule has 32 heavy (non-hydrogen) atoms. The maximum absolute atomic E-state index is 12.6. The first-order valence-electron chi connectivity index (χ1n) is 9.70. The molecule has 0 aromatic heterocycles. The van der Waals surface area contributed by atoms with Crippen molar-refractivity contribution < 1.29 is 33.0 Å². The molecule has 9 nitrogen and oxygen atoms in total. The Hall–Kier alpha value is -2.59. The summed E-state index contributed by atoms with van der Waals surface area (Å²) < 4.78 is 22.2. The molecular weight excluding hydrogens is 468 g/mol. The van der Waals surface area contributed by atoms with Crippen LogP contribution in [-0.4, -0.2) is 60.8 Å². The third kappa shape index (κ3) is 7.23. The van der Waals surface area contributed by atoms with E-state index in [1.54, 1.807) is 39.0 Å². The number of hydrogen-bond donors (Lipinski definition) is 1. The Labute approximate surface area is 194 Å². The highest BCUT2D eigenvalue weighted by atomic mass is 35.5. The van der Waals surface area contributed by atoms with Gasteiger partial charge in [0, 0.05) is 11.4 Å². The third-order valence-corrected chi connectivity index (χ3v) is 4.36. The molecule has 2 aliphatic rings. The molecule has 1 aromatic rings. The van der Waals surface area contributed by atoms with E-state index >= 15 is 0 Å². The van der Waals surface area contributed by atoms with Gasteiger partial charge in [0.05, 0.1) is 26.1 Å². The minimum absolute atomic E-state index is 0.0232. The van der Waals surface area contributed by atoms with Crippen molar-refractivity contribution in [2.24, 2.45) is 0 Å². The topological polar surface area (TPSA) is 105 Å². The number of ether oxygens (including phenoxy) is 2. The molecular formula is C20H24Cl2FN3O6. The highest BCUT2D eigenvalue weighted by Gasteiger charge is 2.34. The monoisotopic (exact) mass is 491 g/mol. The van der Waals surface area contributed by atoms with E-state index in [1.807, 2.05) is 0 Å². The lowest BCUT2D eigenvalue weighted by Crippen LogP contribution is -2.38. The second kappa shape index (κ2) is 10.8. The Balaban J connectivity index is 0.000000837. The van der Waals surface area contributed by atoms with Gasteiger partial charge in [0.1, 0.15) is 18.4 Å². The van der Waals surface area contributed by atoms with Crippen LogP contribution < -0.4 is 15.1 Å². The van der Waals surface area contributed by atoms with Crippen LogP contribution in [0.3, 0.4) is 0 Å². The van der Waals surface area contributed by atoms with E-state index in [2.05, 4.69) is 28.5 Å². The fourth-order valence-electron chi connectivity index (χ4n) is 3.22. The average molecular weight is 492 g/mol. The van der Waals surface area contributed by atoms with Gasteiger partial charge in [-0.05, 0) is 67.7 Å².